The summed E-state index contributed by atoms with van der Waals surface area (Å²) in [5, 5.41) is 17.1. The molecule has 6 nitrogen and oxygen atoms in total. The minimum atomic E-state index is -0.833. The van der Waals surface area contributed by atoms with Crippen molar-refractivity contribution in [3.8, 4) is 0 Å². The molecule has 0 unspecified atom stereocenters. The highest BCUT2D eigenvalue weighted by atomic mass is 16.4. The van der Waals surface area contributed by atoms with Crippen molar-refractivity contribution < 1.29 is 14.7 Å². The van der Waals surface area contributed by atoms with Crippen LogP contribution in [0.2, 0.25) is 0 Å². The molecule has 1 aromatic heterocycles. The van der Waals surface area contributed by atoms with Gasteiger partial charge in [-0.25, -0.2) is 0 Å². The fourth-order valence-electron chi connectivity index (χ4n) is 4.50. The van der Waals surface area contributed by atoms with Crippen molar-refractivity contribution in [1.82, 2.24) is 15.1 Å². The zero-order valence-corrected chi connectivity index (χ0v) is 19.2. The van der Waals surface area contributed by atoms with Crippen molar-refractivity contribution in [2.24, 2.45) is 5.41 Å². The van der Waals surface area contributed by atoms with E-state index in [4.69, 9.17) is 0 Å². The summed E-state index contributed by atoms with van der Waals surface area (Å²) in [5.74, 6) is -0.845. The van der Waals surface area contributed by atoms with Crippen LogP contribution in [0.5, 0.6) is 0 Å². The van der Waals surface area contributed by atoms with E-state index >= 15 is 0 Å². The summed E-state index contributed by atoms with van der Waals surface area (Å²) in [6, 6.07) is 7.92. The Morgan fingerprint density at radius 2 is 1.77 bits per heavy atom. The fraction of sp³-hybridized carbons (Fsp3) is 0.560. The molecule has 1 amide bonds. The van der Waals surface area contributed by atoms with Gasteiger partial charge in [-0.1, -0.05) is 39.8 Å². The highest BCUT2D eigenvalue weighted by molar-refractivity contribution is 5.94. The summed E-state index contributed by atoms with van der Waals surface area (Å²) < 4.78 is 1.91. The predicted octanol–water partition coefficient (Wildman–Crippen LogP) is 4.38. The van der Waals surface area contributed by atoms with E-state index in [1.807, 2.05) is 42.8 Å². The molecule has 6 heteroatoms. The summed E-state index contributed by atoms with van der Waals surface area (Å²) >= 11 is 0. The summed E-state index contributed by atoms with van der Waals surface area (Å²) in [5.41, 5.74) is 4.76. The molecule has 1 heterocycles. The number of carboxylic acids is 1. The molecule has 3 rings (SSSR count). The first kappa shape index (κ1) is 23.0. The van der Waals surface area contributed by atoms with E-state index in [0.29, 0.717) is 23.9 Å². The highest BCUT2D eigenvalue weighted by Crippen LogP contribution is 2.35. The second kappa shape index (κ2) is 9.67. The lowest BCUT2D eigenvalue weighted by molar-refractivity contribution is -0.136. The number of rotatable bonds is 8. The zero-order chi connectivity index (χ0) is 22.6. The second-order valence-electron chi connectivity index (χ2n) is 9.42. The van der Waals surface area contributed by atoms with E-state index < -0.39 is 5.97 Å². The maximum atomic E-state index is 12.6. The van der Waals surface area contributed by atoms with Gasteiger partial charge in [0.15, 0.2) is 0 Å². The molecule has 1 saturated carbocycles. The Morgan fingerprint density at radius 1 is 1.13 bits per heavy atom. The SMILES string of the molecule is CCc1nn(Cc2ccc(C(=O)NC3CCC(C)(C)CC3)cc2)c(CC)c1CC(=O)O. The van der Waals surface area contributed by atoms with Crippen molar-refractivity contribution in [2.45, 2.75) is 85.2 Å². The predicted molar refractivity (Wildman–Crippen MR) is 121 cm³/mol. The number of carbonyl (C=O) groups is 2. The van der Waals surface area contributed by atoms with E-state index in [1.165, 1.54) is 0 Å². The molecular weight excluding hydrogens is 390 g/mol. The highest BCUT2D eigenvalue weighted by Gasteiger charge is 2.27. The Morgan fingerprint density at radius 3 is 2.32 bits per heavy atom. The van der Waals surface area contributed by atoms with Crippen LogP contribution in [-0.4, -0.2) is 32.8 Å². The second-order valence-corrected chi connectivity index (χ2v) is 9.42. The third-order valence-electron chi connectivity index (χ3n) is 6.47. The number of amides is 1. The first-order valence-electron chi connectivity index (χ1n) is 11.4. The molecule has 31 heavy (non-hydrogen) atoms. The lowest BCUT2D eigenvalue weighted by atomic mass is 9.75. The molecule has 0 radical (unpaired) electrons. The van der Waals surface area contributed by atoms with E-state index in [-0.39, 0.29) is 18.4 Å². The number of carboxylic acid groups (broad SMARTS) is 1. The van der Waals surface area contributed by atoms with Gasteiger partial charge < -0.3 is 10.4 Å². The topological polar surface area (TPSA) is 84.2 Å². The van der Waals surface area contributed by atoms with E-state index in [9.17, 15) is 14.7 Å². The Kier molecular flexibility index (Phi) is 7.19. The Balaban J connectivity index is 1.67. The fourth-order valence-corrected chi connectivity index (χ4v) is 4.50. The van der Waals surface area contributed by atoms with Crippen LogP contribution in [0.25, 0.3) is 0 Å². The number of hydrogen-bond acceptors (Lipinski definition) is 3. The van der Waals surface area contributed by atoms with Gasteiger partial charge in [0.2, 0.25) is 0 Å². The largest absolute Gasteiger partial charge is 0.481 e. The van der Waals surface area contributed by atoms with Crippen LogP contribution in [0.3, 0.4) is 0 Å². The van der Waals surface area contributed by atoms with Gasteiger partial charge in [-0.15, -0.1) is 0 Å². The van der Waals surface area contributed by atoms with Crippen LogP contribution in [0, 0.1) is 5.41 Å². The van der Waals surface area contributed by atoms with Crippen LogP contribution in [-0.2, 0) is 30.6 Å². The molecule has 0 saturated heterocycles. The van der Waals surface area contributed by atoms with Crippen LogP contribution in [0.15, 0.2) is 24.3 Å². The van der Waals surface area contributed by atoms with Gasteiger partial charge in [0.25, 0.3) is 5.91 Å². The third-order valence-corrected chi connectivity index (χ3v) is 6.47. The average molecular weight is 426 g/mol. The summed E-state index contributed by atoms with van der Waals surface area (Å²) in [7, 11) is 0. The van der Waals surface area contributed by atoms with E-state index in [0.717, 1.165) is 54.6 Å². The number of aromatic nitrogens is 2. The number of hydrogen-bond donors (Lipinski definition) is 2. The van der Waals surface area contributed by atoms with Crippen molar-refractivity contribution in [1.29, 1.82) is 0 Å². The number of benzene rings is 1. The third kappa shape index (κ3) is 5.75. The van der Waals surface area contributed by atoms with Crippen molar-refractivity contribution >= 4 is 11.9 Å². The van der Waals surface area contributed by atoms with Gasteiger partial charge in [0.05, 0.1) is 18.7 Å². The normalized spacial score (nSPS) is 16.3. The van der Waals surface area contributed by atoms with Crippen molar-refractivity contribution in [3.05, 3.63) is 52.3 Å². The molecule has 0 aliphatic heterocycles. The van der Waals surface area contributed by atoms with Gasteiger partial charge in [-0.2, -0.15) is 5.10 Å². The molecule has 1 aliphatic rings. The first-order valence-corrected chi connectivity index (χ1v) is 11.4. The van der Waals surface area contributed by atoms with Crippen LogP contribution >= 0.6 is 0 Å². The Hall–Kier alpha value is -2.63. The van der Waals surface area contributed by atoms with E-state index in [2.05, 4.69) is 24.3 Å². The Bertz CT molecular complexity index is 918. The number of aliphatic carboxylic acids is 1. The quantitative estimate of drug-likeness (QED) is 0.657. The van der Waals surface area contributed by atoms with E-state index in [1.54, 1.807) is 0 Å². The van der Waals surface area contributed by atoms with Crippen molar-refractivity contribution in [3.63, 3.8) is 0 Å². The molecule has 0 atom stereocenters. The lowest BCUT2D eigenvalue weighted by Gasteiger charge is -2.34. The number of nitrogens with one attached hydrogen (secondary N) is 1. The summed E-state index contributed by atoms with van der Waals surface area (Å²) in [6.45, 7) is 9.18. The standard InChI is InChI=1S/C25H35N3O3/c1-5-21-20(15-23(29)30)22(6-2)28(27-21)16-17-7-9-18(10-8-17)24(31)26-19-11-13-25(3,4)14-12-19/h7-10,19H,5-6,11-16H2,1-4H3,(H,26,31)(H,29,30). The summed E-state index contributed by atoms with van der Waals surface area (Å²) in [4.78, 5) is 23.9. The number of nitrogens with zero attached hydrogens (tertiary/aromatic N) is 2. The summed E-state index contributed by atoms with van der Waals surface area (Å²) in [6.07, 6.45) is 5.80. The molecule has 1 aliphatic carbocycles. The average Bonchev–Trinajstić information content (AvgIpc) is 3.05. The molecule has 2 aromatic rings. The van der Waals surface area contributed by atoms with Crippen molar-refractivity contribution in [2.75, 3.05) is 0 Å². The van der Waals surface area contributed by atoms with Crippen LogP contribution in [0.4, 0.5) is 0 Å². The zero-order valence-electron chi connectivity index (χ0n) is 19.2. The molecule has 0 spiro atoms. The maximum Gasteiger partial charge on any atom is 0.307 e. The van der Waals surface area contributed by atoms with Gasteiger partial charge in [0, 0.05) is 22.9 Å². The molecule has 0 bridgehead atoms. The van der Waals surface area contributed by atoms with Gasteiger partial charge >= 0.3 is 5.97 Å². The molecule has 1 aromatic carbocycles. The van der Waals surface area contributed by atoms with Gasteiger partial charge in [0.1, 0.15) is 0 Å². The molecule has 168 valence electrons. The number of carbonyl (C=O) groups excluding carboxylic acids is 1. The first-order chi connectivity index (χ1) is 14.7. The van der Waals surface area contributed by atoms with Crippen LogP contribution in [0.1, 0.15) is 86.3 Å². The monoisotopic (exact) mass is 425 g/mol. The molecule has 2 N–H and O–H groups in total. The maximum absolute atomic E-state index is 12.6. The number of aryl methyl sites for hydroxylation is 1. The Labute approximate surface area is 185 Å². The van der Waals surface area contributed by atoms with Gasteiger partial charge in [-0.3, -0.25) is 14.3 Å². The minimum Gasteiger partial charge on any atom is -0.481 e. The van der Waals surface area contributed by atoms with Gasteiger partial charge in [-0.05, 0) is 61.6 Å². The molecule has 1 fully saturated rings. The molecular formula is C25H35N3O3. The van der Waals surface area contributed by atoms with Crippen LogP contribution < -0.4 is 5.32 Å². The smallest absolute Gasteiger partial charge is 0.307 e. The lowest BCUT2D eigenvalue weighted by Crippen LogP contribution is -2.39. The minimum absolute atomic E-state index is 0.00377.